The lowest BCUT2D eigenvalue weighted by atomic mass is 9.86. The van der Waals surface area contributed by atoms with Crippen molar-refractivity contribution in [1.82, 2.24) is 4.98 Å². The van der Waals surface area contributed by atoms with Crippen LogP contribution < -0.4 is 5.32 Å². The number of pyridine rings is 1. The summed E-state index contributed by atoms with van der Waals surface area (Å²) in [5, 5.41) is 5.41. The van der Waals surface area contributed by atoms with Crippen molar-refractivity contribution in [3.63, 3.8) is 0 Å². The quantitative estimate of drug-likeness (QED) is 0.783. The Morgan fingerprint density at radius 3 is 2.32 bits per heavy atom. The highest BCUT2D eigenvalue weighted by Gasteiger charge is 2.21. The fraction of sp³-hybridized carbons (Fsp3) is 0.400. The first kappa shape index (κ1) is 14.4. The molecule has 0 amide bonds. The van der Waals surface area contributed by atoms with Crippen molar-refractivity contribution in [3.05, 3.63) is 33.3 Å². The molecule has 0 spiro atoms. The third kappa shape index (κ3) is 2.52. The first-order valence-corrected chi connectivity index (χ1v) is 6.99. The Morgan fingerprint density at radius 1 is 1.16 bits per heavy atom. The van der Waals surface area contributed by atoms with Crippen LogP contribution in [0.4, 0.5) is 5.82 Å². The van der Waals surface area contributed by atoms with Gasteiger partial charge in [0.15, 0.2) is 0 Å². The summed E-state index contributed by atoms with van der Waals surface area (Å²) in [7, 11) is 1.87. The number of aromatic nitrogens is 1. The van der Waals surface area contributed by atoms with Crippen molar-refractivity contribution in [2.45, 2.75) is 33.1 Å². The second-order valence-corrected chi connectivity index (χ2v) is 6.56. The third-order valence-corrected chi connectivity index (χ3v) is 4.01. The van der Waals surface area contributed by atoms with Gasteiger partial charge < -0.3 is 5.32 Å². The molecule has 0 saturated heterocycles. The van der Waals surface area contributed by atoms with Crippen LogP contribution in [0.15, 0.2) is 12.1 Å². The molecule has 1 N–H and O–H groups in total. The zero-order chi connectivity index (χ0) is 14.4. The van der Waals surface area contributed by atoms with E-state index in [0.29, 0.717) is 5.02 Å². The third-order valence-electron chi connectivity index (χ3n) is 3.22. The zero-order valence-corrected chi connectivity index (χ0v) is 13.4. The predicted molar refractivity (Wildman–Crippen MR) is 84.7 cm³/mol. The predicted octanol–water partition coefficient (Wildman–Crippen LogP) is 5.19. The molecule has 2 nitrogen and oxygen atoms in total. The van der Waals surface area contributed by atoms with Gasteiger partial charge >= 0.3 is 0 Å². The fourth-order valence-corrected chi connectivity index (χ4v) is 2.67. The molecule has 0 radical (unpaired) electrons. The molecule has 0 unspecified atom stereocenters. The number of hydrogen-bond donors (Lipinski definition) is 1. The molecule has 2 aromatic rings. The van der Waals surface area contributed by atoms with E-state index in [1.165, 1.54) is 0 Å². The average molecular weight is 297 g/mol. The number of halogens is 2. The highest BCUT2D eigenvalue weighted by Crippen LogP contribution is 2.37. The highest BCUT2D eigenvalue weighted by atomic mass is 35.5. The summed E-state index contributed by atoms with van der Waals surface area (Å²) >= 11 is 12.7. The Kier molecular flexibility index (Phi) is 3.67. The van der Waals surface area contributed by atoms with Crippen molar-refractivity contribution in [3.8, 4) is 0 Å². The summed E-state index contributed by atoms with van der Waals surface area (Å²) in [4.78, 5) is 4.63. The van der Waals surface area contributed by atoms with E-state index in [2.05, 4.69) is 37.1 Å². The van der Waals surface area contributed by atoms with E-state index in [1.807, 2.05) is 20.0 Å². The van der Waals surface area contributed by atoms with Gasteiger partial charge in [-0.25, -0.2) is 4.98 Å². The van der Waals surface area contributed by atoms with Crippen molar-refractivity contribution in [2.75, 3.05) is 12.4 Å². The summed E-state index contributed by atoms with van der Waals surface area (Å²) in [6, 6.07) is 3.95. The number of fused-ring (bicyclic) bond motifs is 1. The van der Waals surface area contributed by atoms with Gasteiger partial charge in [-0.3, -0.25) is 0 Å². The molecule has 102 valence electrons. The maximum atomic E-state index is 6.40. The number of rotatable bonds is 1. The number of nitrogens with one attached hydrogen (secondary N) is 1. The number of benzene rings is 1. The summed E-state index contributed by atoms with van der Waals surface area (Å²) in [6.07, 6.45) is 0. The molecule has 0 bridgehead atoms. The SMILES string of the molecule is CNc1nc2c(Cl)cc(C)c(Cl)c2cc1C(C)(C)C. The topological polar surface area (TPSA) is 24.9 Å². The van der Waals surface area contributed by atoms with E-state index in [4.69, 9.17) is 23.2 Å². The second kappa shape index (κ2) is 4.84. The van der Waals surface area contributed by atoms with Gasteiger partial charge in [-0.15, -0.1) is 0 Å². The van der Waals surface area contributed by atoms with Crippen molar-refractivity contribution < 1.29 is 0 Å². The van der Waals surface area contributed by atoms with Crippen LogP contribution in [-0.2, 0) is 5.41 Å². The van der Waals surface area contributed by atoms with Crippen LogP contribution in [0.5, 0.6) is 0 Å². The minimum Gasteiger partial charge on any atom is -0.373 e. The normalized spacial score (nSPS) is 11.9. The molecule has 1 aromatic heterocycles. The van der Waals surface area contributed by atoms with Crippen molar-refractivity contribution in [1.29, 1.82) is 0 Å². The number of aryl methyl sites for hydroxylation is 1. The summed E-state index contributed by atoms with van der Waals surface area (Å²) in [5.41, 5.74) is 2.83. The fourth-order valence-electron chi connectivity index (χ4n) is 2.16. The molecule has 0 fully saturated rings. The largest absolute Gasteiger partial charge is 0.373 e. The first-order valence-electron chi connectivity index (χ1n) is 6.23. The Bertz CT molecular complexity index is 643. The lowest BCUT2D eigenvalue weighted by molar-refractivity contribution is 0.591. The maximum absolute atomic E-state index is 6.40. The van der Waals surface area contributed by atoms with Crippen LogP contribution in [0, 0.1) is 6.92 Å². The smallest absolute Gasteiger partial charge is 0.130 e. The summed E-state index contributed by atoms with van der Waals surface area (Å²) in [5.74, 6) is 0.849. The molecule has 0 aliphatic carbocycles. The average Bonchev–Trinajstić information content (AvgIpc) is 2.33. The van der Waals surface area contributed by atoms with Gasteiger partial charge in [0.2, 0.25) is 0 Å². The molecule has 0 aliphatic rings. The van der Waals surface area contributed by atoms with E-state index >= 15 is 0 Å². The van der Waals surface area contributed by atoms with Crippen molar-refractivity contribution >= 4 is 39.9 Å². The van der Waals surface area contributed by atoms with Gasteiger partial charge in [-0.1, -0.05) is 44.0 Å². The second-order valence-electron chi connectivity index (χ2n) is 5.77. The van der Waals surface area contributed by atoms with Gasteiger partial charge in [0.25, 0.3) is 0 Å². The number of anilines is 1. The van der Waals surface area contributed by atoms with Gasteiger partial charge in [0.1, 0.15) is 5.82 Å². The van der Waals surface area contributed by atoms with Gasteiger partial charge in [-0.2, -0.15) is 0 Å². The Morgan fingerprint density at radius 2 is 1.79 bits per heavy atom. The Balaban J connectivity index is 2.90. The zero-order valence-electron chi connectivity index (χ0n) is 11.9. The monoisotopic (exact) mass is 296 g/mol. The molecule has 0 aliphatic heterocycles. The molecule has 0 atom stereocenters. The minimum absolute atomic E-state index is 0.0148. The van der Waals surface area contributed by atoms with Crippen LogP contribution in [0.2, 0.25) is 10.0 Å². The van der Waals surface area contributed by atoms with E-state index in [9.17, 15) is 0 Å². The number of nitrogens with zero attached hydrogens (tertiary/aromatic N) is 1. The molecule has 4 heteroatoms. The Hall–Kier alpha value is -0.990. The van der Waals surface area contributed by atoms with Crippen molar-refractivity contribution in [2.24, 2.45) is 0 Å². The van der Waals surface area contributed by atoms with E-state index in [-0.39, 0.29) is 5.41 Å². The maximum Gasteiger partial charge on any atom is 0.130 e. The first-order chi connectivity index (χ1) is 8.75. The van der Waals surface area contributed by atoms with Crippen LogP contribution in [0.3, 0.4) is 0 Å². The molecule has 1 heterocycles. The van der Waals surface area contributed by atoms with Crippen LogP contribution in [0.25, 0.3) is 10.9 Å². The number of hydrogen-bond acceptors (Lipinski definition) is 2. The lowest BCUT2D eigenvalue weighted by Crippen LogP contribution is -2.15. The molecular formula is C15H18Cl2N2. The van der Waals surface area contributed by atoms with Gasteiger partial charge in [-0.05, 0) is 30.0 Å². The summed E-state index contributed by atoms with van der Waals surface area (Å²) < 4.78 is 0. The van der Waals surface area contributed by atoms with Gasteiger partial charge in [0.05, 0.1) is 15.6 Å². The van der Waals surface area contributed by atoms with E-state index < -0.39 is 0 Å². The molecule has 2 rings (SSSR count). The molecule has 19 heavy (non-hydrogen) atoms. The Labute approximate surface area is 124 Å². The molecular weight excluding hydrogens is 279 g/mol. The van der Waals surface area contributed by atoms with Crippen LogP contribution >= 0.6 is 23.2 Å². The molecule has 0 saturated carbocycles. The standard InChI is InChI=1S/C15H18Cl2N2/c1-8-6-11(16)13-9(12(8)17)7-10(15(2,3)4)14(18-5)19-13/h6-7H,1-5H3,(H,18,19). The summed E-state index contributed by atoms with van der Waals surface area (Å²) in [6.45, 7) is 8.42. The highest BCUT2D eigenvalue weighted by molar-refractivity contribution is 6.40. The van der Waals surface area contributed by atoms with Gasteiger partial charge in [0, 0.05) is 18.0 Å². The van der Waals surface area contributed by atoms with E-state index in [0.717, 1.165) is 32.9 Å². The lowest BCUT2D eigenvalue weighted by Gasteiger charge is -2.23. The van der Waals surface area contributed by atoms with Crippen LogP contribution in [0.1, 0.15) is 31.9 Å². The van der Waals surface area contributed by atoms with E-state index in [1.54, 1.807) is 0 Å². The van der Waals surface area contributed by atoms with Crippen LogP contribution in [-0.4, -0.2) is 12.0 Å². The molecule has 1 aromatic carbocycles. The minimum atomic E-state index is -0.0148.